The molecule has 6 heteroatoms. The van der Waals surface area contributed by atoms with Crippen LogP contribution in [0.4, 0.5) is 11.4 Å². The summed E-state index contributed by atoms with van der Waals surface area (Å²) in [5.74, 6) is 2.17. The summed E-state index contributed by atoms with van der Waals surface area (Å²) in [6.45, 7) is 0.931. The van der Waals surface area contributed by atoms with E-state index in [0.717, 1.165) is 24.4 Å². The van der Waals surface area contributed by atoms with Gasteiger partial charge in [0.25, 0.3) is 0 Å². The van der Waals surface area contributed by atoms with Crippen LogP contribution in [0.15, 0.2) is 30.4 Å². The van der Waals surface area contributed by atoms with Gasteiger partial charge in [0.05, 0.1) is 17.0 Å². The topological polar surface area (TPSA) is 58.2 Å². The summed E-state index contributed by atoms with van der Waals surface area (Å²) >= 11 is 6.12. The molecule has 1 fully saturated rings. The number of allylic oxidation sites excluding steroid dienone is 2. The molecule has 0 aliphatic heterocycles. The summed E-state index contributed by atoms with van der Waals surface area (Å²) in [4.78, 5) is 0. The fourth-order valence-corrected chi connectivity index (χ4v) is 4.15. The molecular weight excluding hydrogens is 308 g/mol. The van der Waals surface area contributed by atoms with Crippen molar-refractivity contribution < 1.29 is 8.42 Å². The number of nitrogens with one attached hydrogen (secondary N) is 2. The highest BCUT2D eigenvalue weighted by atomic mass is 35.5. The molecule has 21 heavy (non-hydrogen) atoms. The average molecular weight is 327 g/mol. The number of fused-ring (bicyclic) bond motifs is 2. The van der Waals surface area contributed by atoms with Crippen LogP contribution in [0.1, 0.15) is 12.8 Å². The molecule has 1 aromatic carbocycles. The maximum Gasteiger partial charge on any atom is 0.229 e. The Kier molecular flexibility index (Phi) is 3.88. The maximum absolute atomic E-state index is 11.2. The summed E-state index contributed by atoms with van der Waals surface area (Å²) in [6, 6.07) is 5.30. The molecule has 3 atom stereocenters. The van der Waals surface area contributed by atoms with Crippen LogP contribution >= 0.6 is 11.6 Å². The molecule has 3 rings (SSSR count). The molecule has 0 spiro atoms. The third-order valence-electron chi connectivity index (χ3n) is 4.25. The van der Waals surface area contributed by atoms with Crippen LogP contribution in [-0.4, -0.2) is 21.2 Å². The van der Waals surface area contributed by atoms with E-state index in [1.54, 1.807) is 12.1 Å². The Morgan fingerprint density at radius 3 is 2.67 bits per heavy atom. The molecular formula is C15H19ClN2O2S. The van der Waals surface area contributed by atoms with Crippen LogP contribution in [0.5, 0.6) is 0 Å². The summed E-state index contributed by atoms with van der Waals surface area (Å²) in [5, 5.41) is 3.81. The monoisotopic (exact) mass is 326 g/mol. The standard InChI is InChI=1S/C15H19ClN2O2S/c1-21(19,20)18-15-5-4-13(8-14(15)16)17-9-12-7-10-2-3-11(12)6-10/h2-5,8,10-12,17-18H,6-7,9H2,1H3. The quantitative estimate of drug-likeness (QED) is 0.816. The zero-order valence-corrected chi connectivity index (χ0v) is 13.4. The van der Waals surface area contributed by atoms with Crippen LogP contribution in [0.3, 0.4) is 0 Å². The first-order chi connectivity index (χ1) is 9.90. The first-order valence-corrected chi connectivity index (χ1v) is 9.37. The highest BCUT2D eigenvalue weighted by Gasteiger charge is 2.35. The summed E-state index contributed by atoms with van der Waals surface area (Å²) in [6.07, 6.45) is 8.34. The fourth-order valence-electron chi connectivity index (χ4n) is 3.29. The Morgan fingerprint density at radius 1 is 1.29 bits per heavy atom. The Morgan fingerprint density at radius 2 is 2.10 bits per heavy atom. The molecule has 1 saturated carbocycles. The lowest BCUT2D eigenvalue weighted by atomic mass is 9.93. The number of halogens is 1. The van der Waals surface area contributed by atoms with Crippen molar-refractivity contribution in [1.29, 1.82) is 0 Å². The van der Waals surface area contributed by atoms with Gasteiger partial charge < -0.3 is 5.32 Å². The zero-order chi connectivity index (χ0) is 15.0. The maximum atomic E-state index is 11.2. The predicted octanol–water partition coefficient (Wildman–Crippen LogP) is 3.34. The van der Waals surface area contributed by atoms with Crippen molar-refractivity contribution in [3.8, 4) is 0 Å². The van der Waals surface area contributed by atoms with Gasteiger partial charge in [0, 0.05) is 12.2 Å². The van der Waals surface area contributed by atoms with Gasteiger partial charge in [-0.25, -0.2) is 8.42 Å². The van der Waals surface area contributed by atoms with Crippen molar-refractivity contribution in [3.63, 3.8) is 0 Å². The van der Waals surface area contributed by atoms with Gasteiger partial charge in [-0.3, -0.25) is 4.72 Å². The van der Waals surface area contributed by atoms with Crippen molar-refractivity contribution in [2.24, 2.45) is 17.8 Å². The first-order valence-electron chi connectivity index (χ1n) is 7.10. The van der Waals surface area contributed by atoms with E-state index in [-0.39, 0.29) is 0 Å². The molecule has 0 heterocycles. The number of sulfonamides is 1. The minimum absolute atomic E-state index is 0.401. The largest absolute Gasteiger partial charge is 0.385 e. The van der Waals surface area contributed by atoms with Gasteiger partial charge >= 0.3 is 0 Å². The molecule has 114 valence electrons. The third-order valence-corrected chi connectivity index (χ3v) is 5.15. The van der Waals surface area contributed by atoms with Gasteiger partial charge in [0.2, 0.25) is 10.0 Å². The lowest BCUT2D eigenvalue weighted by molar-refractivity contribution is 0.472. The number of hydrogen-bond acceptors (Lipinski definition) is 3. The lowest BCUT2D eigenvalue weighted by Gasteiger charge is -2.19. The van der Waals surface area contributed by atoms with Crippen molar-refractivity contribution in [3.05, 3.63) is 35.4 Å². The second kappa shape index (κ2) is 5.54. The summed E-state index contributed by atoms with van der Waals surface area (Å²) < 4.78 is 24.8. The van der Waals surface area contributed by atoms with E-state index in [0.29, 0.717) is 22.5 Å². The normalized spacial score (nSPS) is 27.0. The van der Waals surface area contributed by atoms with Gasteiger partial charge in [-0.05, 0) is 48.8 Å². The average Bonchev–Trinajstić information content (AvgIpc) is 3.00. The lowest BCUT2D eigenvalue weighted by Crippen LogP contribution is -2.18. The van der Waals surface area contributed by atoms with Gasteiger partial charge in [0.15, 0.2) is 0 Å². The van der Waals surface area contributed by atoms with Crippen molar-refractivity contribution in [1.82, 2.24) is 0 Å². The highest BCUT2D eigenvalue weighted by Crippen LogP contribution is 2.43. The van der Waals surface area contributed by atoms with Crippen LogP contribution in [-0.2, 0) is 10.0 Å². The molecule has 0 amide bonds. The molecule has 4 nitrogen and oxygen atoms in total. The van der Waals surface area contributed by atoms with E-state index < -0.39 is 10.0 Å². The van der Waals surface area contributed by atoms with Crippen LogP contribution in [0.2, 0.25) is 5.02 Å². The Balaban J connectivity index is 1.62. The van der Waals surface area contributed by atoms with Crippen LogP contribution in [0, 0.1) is 17.8 Å². The Bertz CT molecular complexity index is 672. The minimum Gasteiger partial charge on any atom is -0.385 e. The third kappa shape index (κ3) is 3.52. The molecule has 2 bridgehead atoms. The van der Waals surface area contributed by atoms with E-state index in [4.69, 9.17) is 11.6 Å². The zero-order valence-electron chi connectivity index (χ0n) is 11.8. The van der Waals surface area contributed by atoms with Crippen molar-refractivity contribution in [2.45, 2.75) is 12.8 Å². The molecule has 3 unspecified atom stereocenters. The number of rotatable bonds is 5. The molecule has 0 aromatic heterocycles. The van der Waals surface area contributed by atoms with Gasteiger partial charge in [-0.15, -0.1) is 0 Å². The minimum atomic E-state index is -3.31. The van der Waals surface area contributed by atoms with E-state index in [1.807, 2.05) is 6.07 Å². The van der Waals surface area contributed by atoms with E-state index in [9.17, 15) is 8.42 Å². The van der Waals surface area contributed by atoms with Crippen LogP contribution in [0.25, 0.3) is 0 Å². The summed E-state index contributed by atoms with van der Waals surface area (Å²) in [7, 11) is -3.31. The van der Waals surface area contributed by atoms with Gasteiger partial charge in [-0.2, -0.15) is 0 Å². The Labute approximate surface area is 130 Å². The van der Waals surface area contributed by atoms with Crippen molar-refractivity contribution in [2.75, 3.05) is 22.8 Å². The molecule has 2 aliphatic carbocycles. The number of anilines is 2. The van der Waals surface area contributed by atoms with Crippen molar-refractivity contribution >= 4 is 33.0 Å². The van der Waals surface area contributed by atoms with Crippen LogP contribution < -0.4 is 10.0 Å². The second-order valence-corrected chi connectivity index (χ2v) is 8.15. The number of benzene rings is 1. The first kappa shape index (κ1) is 14.7. The summed E-state index contributed by atoms with van der Waals surface area (Å²) in [5.41, 5.74) is 1.33. The second-order valence-electron chi connectivity index (χ2n) is 5.99. The molecule has 0 radical (unpaired) electrons. The van der Waals surface area contributed by atoms with E-state index in [1.165, 1.54) is 12.8 Å². The van der Waals surface area contributed by atoms with E-state index in [2.05, 4.69) is 22.2 Å². The van der Waals surface area contributed by atoms with Gasteiger partial charge in [-0.1, -0.05) is 23.8 Å². The molecule has 1 aromatic rings. The SMILES string of the molecule is CS(=O)(=O)Nc1ccc(NCC2CC3C=CC2C3)cc1Cl. The predicted molar refractivity (Wildman–Crippen MR) is 87.3 cm³/mol. The van der Waals surface area contributed by atoms with Gasteiger partial charge in [0.1, 0.15) is 0 Å². The molecule has 2 N–H and O–H groups in total. The smallest absolute Gasteiger partial charge is 0.229 e. The Hall–Kier alpha value is -1.20. The molecule has 0 saturated heterocycles. The molecule has 2 aliphatic rings. The highest BCUT2D eigenvalue weighted by molar-refractivity contribution is 7.92. The number of hydrogen-bond donors (Lipinski definition) is 2. The fraction of sp³-hybridized carbons (Fsp3) is 0.467. The van der Waals surface area contributed by atoms with E-state index >= 15 is 0 Å².